The summed E-state index contributed by atoms with van der Waals surface area (Å²) in [5.41, 5.74) is -1.12. The lowest BCUT2D eigenvalue weighted by atomic mass is 9.78. The topological polar surface area (TPSA) is 20.2 Å². The molecule has 1 aliphatic carbocycles. The Hall–Kier alpha value is -0.180. The fourth-order valence-corrected chi connectivity index (χ4v) is 2.27. The van der Waals surface area contributed by atoms with Crippen LogP contribution in [0.15, 0.2) is 0 Å². The summed E-state index contributed by atoms with van der Waals surface area (Å²) < 4.78 is 26.0. The minimum absolute atomic E-state index is 0.0621. The summed E-state index contributed by atoms with van der Waals surface area (Å²) in [6, 6.07) is 0. The van der Waals surface area contributed by atoms with Crippen LogP contribution in [0.5, 0.6) is 0 Å². The molecule has 1 saturated carbocycles. The molecule has 0 saturated heterocycles. The van der Waals surface area contributed by atoms with Crippen LogP contribution in [0.3, 0.4) is 0 Å². The molecule has 0 aliphatic heterocycles. The fraction of sp³-hybridized carbons (Fsp3) is 1.00. The smallest absolute Gasteiger partial charge is 0.250 e. The highest BCUT2D eigenvalue weighted by atomic mass is 19.3. The lowest BCUT2D eigenvalue weighted by Crippen LogP contribution is -2.41. The van der Waals surface area contributed by atoms with Crippen LogP contribution in [0, 0.1) is 5.92 Å². The molecule has 0 radical (unpaired) electrons. The molecule has 13 heavy (non-hydrogen) atoms. The average Bonchev–Trinajstić information content (AvgIpc) is 1.79. The third-order valence-electron chi connectivity index (χ3n) is 2.56. The van der Waals surface area contributed by atoms with Crippen molar-refractivity contribution in [2.24, 2.45) is 5.92 Å². The fourth-order valence-electron chi connectivity index (χ4n) is 2.27. The van der Waals surface area contributed by atoms with Crippen LogP contribution in [0.25, 0.3) is 0 Å². The second kappa shape index (κ2) is 3.52. The van der Waals surface area contributed by atoms with Crippen molar-refractivity contribution in [3.8, 4) is 0 Å². The molecule has 1 rings (SSSR count). The highest BCUT2D eigenvalue weighted by Crippen LogP contribution is 2.41. The Balaban J connectivity index is 2.58. The molecule has 78 valence electrons. The predicted molar refractivity (Wildman–Crippen MR) is 47.8 cm³/mol. The van der Waals surface area contributed by atoms with Crippen molar-refractivity contribution in [3.63, 3.8) is 0 Å². The second-order valence-electron chi connectivity index (χ2n) is 4.71. The molecule has 1 nitrogen and oxygen atoms in total. The molecule has 0 amide bonds. The maximum atomic E-state index is 13.0. The molecule has 0 unspecified atom stereocenters. The Morgan fingerprint density at radius 3 is 2.38 bits per heavy atom. The summed E-state index contributed by atoms with van der Waals surface area (Å²) in [6.45, 7) is 3.90. The molecule has 0 aromatic carbocycles. The van der Waals surface area contributed by atoms with Gasteiger partial charge in [0.2, 0.25) is 0 Å². The molecule has 0 bridgehead atoms. The largest absolute Gasteiger partial charge is 0.390 e. The van der Waals surface area contributed by atoms with E-state index in [-0.39, 0.29) is 18.8 Å². The van der Waals surface area contributed by atoms with Gasteiger partial charge in [0, 0.05) is 12.8 Å². The molecule has 0 heterocycles. The van der Waals surface area contributed by atoms with Crippen LogP contribution in [0.1, 0.15) is 46.0 Å². The van der Waals surface area contributed by atoms with Gasteiger partial charge in [-0.3, -0.25) is 0 Å². The van der Waals surface area contributed by atoms with Crippen molar-refractivity contribution in [2.45, 2.75) is 57.5 Å². The van der Waals surface area contributed by atoms with Gasteiger partial charge in [0.1, 0.15) is 0 Å². The number of aliphatic hydroxyl groups is 1. The summed E-state index contributed by atoms with van der Waals surface area (Å²) in [4.78, 5) is 0. The van der Waals surface area contributed by atoms with E-state index in [1.54, 1.807) is 0 Å². The van der Waals surface area contributed by atoms with Crippen LogP contribution in [-0.2, 0) is 0 Å². The van der Waals surface area contributed by atoms with Gasteiger partial charge in [-0.15, -0.1) is 0 Å². The van der Waals surface area contributed by atoms with Crippen LogP contribution in [0.4, 0.5) is 8.78 Å². The predicted octanol–water partition coefficient (Wildman–Crippen LogP) is 2.97. The minimum Gasteiger partial charge on any atom is -0.390 e. The van der Waals surface area contributed by atoms with E-state index < -0.39 is 11.5 Å². The first kappa shape index (κ1) is 10.9. The van der Waals surface area contributed by atoms with E-state index in [1.165, 1.54) is 0 Å². The van der Waals surface area contributed by atoms with Crippen molar-refractivity contribution in [1.82, 2.24) is 0 Å². The molecular formula is C10H18F2O. The van der Waals surface area contributed by atoms with Crippen LogP contribution in [-0.4, -0.2) is 16.6 Å². The van der Waals surface area contributed by atoms with E-state index >= 15 is 0 Å². The van der Waals surface area contributed by atoms with Gasteiger partial charge in [0.25, 0.3) is 5.92 Å². The molecular weight excluding hydrogens is 174 g/mol. The second-order valence-corrected chi connectivity index (χ2v) is 4.71. The normalized spacial score (nSPS) is 33.7. The van der Waals surface area contributed by atoms with E-state index in [2.05, 4.69) is 0 Å². The summed E-state index contributed by atoms with van der Waals surface area (Å²) in [7, 11) is 0. The standard InChI is InChI=1S/C10H18F2O/c1-8(2)6-9(13)4-3-5-10(11,12)7-9/h8,13H,3-7H2,1-2H3/t9-/m0/s1. The van der Waals surface area contributed by atoms with Gasteiger partial charge in [-0.05, 0) is 25.2 Å². The van der Waals surface area contributed by atoms with Crippen molar-refractivity contribution < 1.29 is 13.9 Å². The number of alkyl halides is 2. The van der Waals surface area contributed by atoms with E-state index in [0.29, 0.717) is 19.3 Å². The zero-order valence-electron chi connectivity index (χ0n) is 8.32. The number of halogens is 2. The van der Waals surface area contributed by atoms with E-state index in [9.17, 15) is 13.9 Å². The van der Waals surface area contributed by atoms with Gasteiger partial charge >= 0.3 is 0 Å². The molecule has 0 spiro atoms. The molecule has 3 heteroatoms. The van der Waals surface area contributed by atoms with Crippen molar-refractivity contribution in [2.75, 3.05) is 0 Å². The van der Waals surface area contributed by atoms with Gasteiger partial charge in [-0.1, -0.05) is 13.8 Å². The number of hydrogen-bond donors (Lipinski definition) is 1. The molecule has 0 aromatic rings. The average molecular weight is 192 g/mol. The summed E-state index contributed by atoms with van der Waals surface area (Å²) in [6.07, 6.45) is 1.05. The van der Waals surface area contributed by atoms with Gasteiger partial charge in [-0.2, -0.15) is 0 Å². The van der Waals surface area contributed by atoms with Gasteiger partial charge in [-0.25, -0.2) is 8.78 Å². The molecule has 1 aliphatic rings. The lowest BCUT2D eigenvalue weighted by molar-refractivity contribution is -0.130. The van der Waals surface area contributed by atoms with E-state index in [1.807, 2.05) is 13.8 Å². The maximum Gasteiger partial charge on any atom is 0.250 e. The Kier molecular flexibility index (Phi) is 2.95. The first-order valence-electron chi connectivity index (χ1n) is 4.93. The Morgan fingerprint density at radius 1 is 1.31 bits per heavy atom. The summed E-state index contributed by atoms with van der Waals surface area (Å²) in [5, 5.41) is 9.90. The third kappa shape index (κ3) is 3.22. The number of hydrogen-bond acceptors (Lipinski definition) is 1. The van der Waals surface area contributed by atoms with Gasteiger partial charge in [0.05, 0.1) is 5.60 Å². The van der Waals surface area contributed by atoms with E-state index in [0.717, 1.165) is 0 Å². The Bertz CT molecular complexity index is 180. The third-order valence-corrected chi connectivity index (χ3v) is 2.56. The number of rotatable bonds is 2. The van der Waals surface area contributed by atoms with Crippen LogP contribution >= 0.6 is 0 Å². The first-order valence-corrected chi connectivity index (χ1v) is 4.93. The van der Waals surface area contributed by atoms with Crippen LogP contribution in [0.2, 0.25) is 0 Å². The van der Waals surface area contributed by atoms with Crippen LogP contribution < -0.4 is 0 Å². The molecule has 0 aromatic heterocycles. The Morgan fingerprint density at radius 2 is 1.92 bits per heavy atom. The summed E-state index contributed by atoms with van der Waals surface area (Å²) in [5.74, 6) is -2.37. The van der Waals surface area contributed by atoms with Crippen molar-refractivity contribution >= 4 is 0 Å². The van der Waals surface area contributed by atoms with Gasteiger partial charge in [0.15, 0.2) is 0 Å². The Labute approximate surface area is 78.1 Å². The molecule has 1 N–H and O–H groups in total. The molecule has 1 fully saturated rings. The quantitative estimate of drug-likeness (QED) is 0.713. The first-order chi connectivity index (χ1) is 5.83. The highest BCUT2D eigenvalue weighted by Gasteiger charge is 2.44. The summed E-state index contributed by atoms with van der Waals surface area (Å²) >= 11 is 0. The van der Waals surface area contributed by atoms with Crippen molar-refractivity contribution in [1.29, 1.82) is 0 Å². The zero-order chi connectivity index (χ0) is 10.1. The zero-order valence-corrected chi connectivity index (χ0v) is 8.32. The van der Waals surface area contributed by atoms with E-state index in [4.69, 9.17) is 0 Å². The monoisotopic (exact) mass is 192 g/mol. The minimum atomic E-state index is -2.65. The maximum absolute atomic E-state index is 13.0. The lowest BCUT2D eigenvalue weighted by Gasteiger charge is -2.37. The van der Waals surface area contributed by atoms with Crippen molar-refractivity contribution in [3.05, 3.63) is 0 Å². The molecule has 1 atom stereocenters. The highest BCUT2D eigenvalue weighted by molar-refractivity contribution is 4.90. The SMILES string of the molecule is CC(C)C[C@@]1(O)CCCC(F)(F)C1. The van der Waals surface area contributed by atoms with Gasteiger partial charge < -0.3 is 5.11 Å².